The number of hydrogen-bond acceptors (Lipinski definition) is 2. The van der Waals surface area contributed by atoms with Gasteiger partial charge in [-0.25, -0.2) is 0 Å². The fourth-order valence-corrected chi connectivity index (χ4v) is 3.64. The van der Waals surface area contributed by atoms with Crippen molar-refractivity contribution in [3.63, 3.8) is 0 Å². The summed E-state index contributed by atoms with van der Waals surface area (Å²) in [5.74, 6) is 0.823. The molecular formula is C13H22O2. The molecule has 0 radical (unpaired) electrons. The van der Waals surface area contributed by atoms with Gasteiger partial charge in [-0.2, -0.15) is 0 Å². The van der Waals surface area contributed by atoms with Crippen LogP contribution in [0, 0.1) is 16.7 Å². The Morgan fingerprint density at radius 3 is 2.60 bits per heavy atom. The van der Waals surface area contributed by atoms with Crippen LogP contribution in [-0.4, -0.2) is 19.0 Å². The summed E-state index contributed by atoms with van der Waals surface area (Å²) in [6.07, 6.45) is 5.71. The number of ether oxygens (including phenoxy) is 1. The average Bonchev–Trinajstić information content (AvgIpc) is 2.51. The molecule has 2 bridgehead atoms. The Bertz CT molecular complexity index is 259. The molecule has 2 saturated carbocycles. The van der Waals surface area contributed by atoms with Crippen molar-refractivity contribution in [2.24, 2.45) is 16.7 Å². The van der Waals surface area contributed by atoms with Gasteiger partial charge in [-0.05, 0) is 36.0 Å². The predicted molar refractivity (Wildman–Crippen MR) is 59.7 cm³/mol. The number of carbonyl (C=O) groups is 1. The van der Waals surface area contributed by atoms with E-state index in [2.05, 4.69) is 20.8 Å². The van der Waals surface area contributed by atoms with Crippen LogP contribution in [-0.2, 0) is 9.53 Å². The molecule has 2 rings (SSSR count). The van der Waals surface area contributed by atoms with Crippen LogP contribution < -0.4 is 0 Å². The smallest absolute Gasteiger partial charge is 0.122 e. The minimum atomic E-state index is 0.334. The van der Waals surface area contributed by atoms with Gasteiger partial charge in [0.05, 0.1) is 12.7 Å². The maximum atomic E-state index is 10.3. The average molecular weight is 210 g/mol. The standard InChI is InChI=1S/C13H22O2/c1-12(2)10-5-6-13(12,3)11(9-10)15-8-4-7-14/h7,10-11H,4-6,8-9H2,1-3H3. The van der Waals surface area contributed by atoms with E-state index in [1.165, 1.54) is 19.3 Å². The van der Waals surface area contributed by atoms with E-state index in [0.717, 1.165) is 12.2 Å². The molecule has 3 unspecified atom stereocenters. The van der Waals surface area contributed by atoms with Crippen molar-refractivity contribution >= 4 is 6.29 Å². The summed E-state index contributed by atoms with van der Waals surface area (Å²) in [6.45, 7) is 7.74. The van der Waals surface area contributed by atoms with Gasteiger partial charge in [0.1, 0.15) is 6.29 Å². The lowest BCUT2D eigenvalue weighted by Gasteiger charge is -2.38. The highest BCUT2D eigenvalue weighted by Gasteiger charge is 2.61. The molecule has 0 saturated heterocycles. The lowest BCUT2D eigenvalue weighted by molar-refractivity contribution is -0.110. The van der Waals surface area contributed by atoms with Crippen molar-refractivity contribution in [2.75, 3.05) is 6.61 Å². The number of aldehydes is 1. The highest BCUT2D eigenvalue weighted by Crippen LogP contribution is 2.66. The predicted octanol–water partition coefficient (Wildman–Crippen LogP) is 2.81. The molecule has 3 atom stereocenters. The SMILES string of the molecule is CC1(C)C2CCC1(C)C(OCCC=O)C2. The van der Waals surface area contributed by atoms with Crippen LogP contribution in [0.25, 0.3) is 0 Å². The molecule has 0 amide bonds. The van der Waals surface area contributed by atoms with E-state index in [-0.39, 0.29) is 0 Å². The minimum Gasteiger partial charge on any atom is -0.377 e. The minimum absolute atomic E-state index is 0.334. The maximum absolute atomic E-state index is 10.3. The van der Waals surface area contributed by atoms with Crippen molar-refractivity contribution < 1.29 is 9.53 Å². The molecule has 2 fully saturated rings. The molecule has 0 aromatic heterocycles. The zero-order valence-electron chi connectivity index (χ0n) is 10.1. The Kier molecular flexibility index (Phi) is 2.66. The summed E-state index contributed by atoms with van der Waals surface area (Å²) in [6, 6.07) is 0. The van der Waals surface area contributed by atoms with E-state index in [1.807, 2.05) is 0 Å². The molecule has 2 aliphatic rings. The van der Waals surface area contributed by atoms with Crippen LogP contribution in [0.4, 0.5) is 0 Å². The number of rotatable bonds is 4. The fraction of sp³-hybridized carbons (Fsp3) is 0.923. The Morgan fingerprint density at radius 1 is 1.40 bits per heavy atom. The van der Waals surface area contributed by atoms with Crippen LogP contribution >= 0.6 is 0 Å². The summed E-state index contributed by atoms with van der Waals surface area (Å²) in [7, 11) is 0. The Morgan fingerprint density at radius 2 is 2.13 bits per heavy atom. The molecular weight excluding hydrogens is 188 g/mol. The Hall–Kier alpha value is -0.370. The lowest BCUT2D eigenvalue weighted by Crippen LogP contribution is -2.37. The topological polar surface area (TPSA) is 26.3 Å². The molecule has 86 valence electrons. The normalized spacial score (nSPS) is 42.1. The van der Waals surface area contributed by atoms with Crippen molar-refractivity contribution in [1.29, 1.82) is 0 Å². The van der Waals surface area contributed by atoms with Gasteiger partial charge in [0.25, 0.3) is 0 Å². The molecule has 0 heterocycles. The lowest BCUT2D eigenvalue weighted by atomic mass is 9.70. The largest absolute Gasteiger partial charge is 0.377 e. The van der Waals surface area contributed by atoms with Gasteiger partial charge in [-0.15, -0.1) is 0 Å². The van der Waals surface area contributed by atoms with E-state index in [0.29, 0.717) is 30.0 Å². The van der Waals surface area contributed by atoms with Gasteiger partial charge in [0.2, 0.25) is 0 Å². The first kappa shape index (κ1) is 11.1. The second kappa shape index (κ2) is 3.58. The van der Waals surface area contributed by atoms with Crippen LogP contribution in [0.2, 0.25) is 0 Å². The third kappa shape index (κ3) is 1.45. The second-order valence-corrected chi connectivity index (χ2v) is 5.93. The van der Waals surface area contributed by atoms with E-state index < -0.39 is 0 Å². The molecule has 15 heavy (non-hydrogen) atoms. The maximum Gasteiger partial charge on any atom is 0.122 e. The van der Waals surface area contributed by atoms with Gasteiger partial charge in [0, 0.05) is 6.42 Å². The van der Waals surface area contributed by atoms with Crippen LogP contribution in [0.5, 0.6) is 0 Å². The second-order valence-electron chi connectivity index (χ2n) is 5.93. The van der Waals surface area contributed by atoms with Crippen LogP contribution in [0.15, 0.2) is 0 Å². The molecule has 0 spiro atoms. The zero-order valence-corrected chi connectivity index (χ0v) is 10.1. The van der Waals surface area contributed by atoms with E-state index in [1.54, 1.807) is 0 Å². The Labute approximate surface area is 92.4 Å². The van der Waals surface area contributed by atoms with E-state index in [4.69, 9.17) is 4.74 Å². The van der Waals surface area contributed by atoms with E-state index >= 15 is 0 Å². The summed E-state index contributed by atoms with van der Waals surface area (Å²) < 4.78 is 5.88. The molecule has 0 N–H and O–H groups in total. The van der Waals surface area contributed by atoms with Gasteiger partial charge in [0.15, 0.2) is 0 Å². The van der Waals surface area contributed by atoms with E-state index in [9.17, 15) is 4.79 Å². The molecule has 2 heteroatoms. The highest BCUT2D eigenvalue weighted by atomic mass is 16.5. The third-order valence-corrected chi connectivity index (χ3v) is 5.27. The number of carbonyl (C=O) groups excluding carboxylic acids is 1. The molecule has 2 nitrogen and oxygen atoms in total. The first-order valence-corrected chi connectivity index (χ1v) is 6.07. The van der Waals surface area contributed by atoms with Crippen LogP contribution in [0.3, 0.4) is 0 Å². The van der Waals surface area contributed by atoms with Gasteiger partial charge < -0.3 is 9.53 Å². The van der Waals surface area contributed by atoms with Crippen molar-refractivity contribution in [2.45, 2.75) is 52.6 Å². The zero-order chi connectivity index (χ0) is 11.1. The third-order valence-electron chi connectivity index (χ3n) is 5.27. The quantitative estimate of drug-likeness (QED) is 0.527. The monoisotopic (exact) mass is 210 g/mol. The van der Waals surface area contributed by atoms with Gasteiger partial charge in [-0.3, -0.25) is 0 Å². The first-order chi connectivity index (χ1) is 7.02. The van der Waals surface area contributed by atoms with Crippen molar-refractivity contribution in [1.82, 2.24) is 0 Å². The number of hydrogen-bond donors (Lipinski definition) is 0. The summed E-state index contributed by atoms with van der Waals surface area (Å²) in [4.78, 5) is 10.3. The van der Waals surface area contributed by atoms with Gasteiger partial charge >= 0.3 is 0 Å². The molecule has 2 aliphatic carbocycles. The molecule has 0 aromatic carbocycles. The highest BCUT2D eigenvalue weighted by molar-refractivity contribution is 5.49. The first-order valence-electron chi connectivity index (χ1n) is 6.07. The molecule has 0 aromatic rings. The van der Waals surface area contributed by atoms with Crippen molar-refractivity contribution in [3.8, 4) is 0 Å². The van der Waals surface area contributed by atoms with Gasteiger partial charge in [-0.1, -0.05) is 20.8 Å². The Balaban J connectivity index is 2.02. The summed E-state index contributed by atoms with van der Waals surface area (Å²) in [5.41, 5.74) is 0.749. The molecule has 0 aliphatic heterocycles. The van der Waals surface area contributed by atoms with Crippen LogP contribution in [0.1, 0.15) is 46.5 Å². The summed E-state index contributed by atoms with van der Waals surface area (Å²) in [5, 5.41) is 0. The fourth-order valence-electron chi connectivity index (χ4n) is 3.64. The number of fused-ring (bicyclic) bond motifs is 2. The van der Waals surface area contributed by atoms with Crippen molar-refractivity contribution in [3.05, 3.63) is 0 Å². The summed E-state index contributed by atoms with van der Waals surface area (Å²) >= 11 is 0.